The number of rotatable bonds is 5. The van der Waals surface area contributed by atoms with Crippen molar-refractivity contribution in [3.63, 3.8) is 0 Å². The van der Waals surface area contributed by atoms with Gasteiger partial charge in [0.1, 0.15) is 0 Å². The molecule has 128 valence electrons. The monoisotopic (exact) mass is 314 g/mol. The van der Waals surface area contributed by atoms with Crippen LogP contribution in [0.15, 0.2) is 24.3 Å². The van der Waals surface area contributed by atoms with E-state index in [-0.39, 0.29) is 0 Å². The third-order valence-corrected chi connectivity index (χ3v) is 6.11. The van der Waals surface area contributed by atoms with Gasteiger partial charge in [0.2, 0.25) is 0 Å². The summed E-state index contributed by atoms with van der Waals surface area (Å²) in [6.07, 6.45) is 12.7. The standard InChI is InChI=1S/C21H34N2/c1-22(2)16-6-7-19-8-10-20(11-9-19)23-17-14-21(15-18-23)12-4-3-5-13-21/h8-11H,3-7,12-18H2,1-2H3. The van der Waals surface area contributed by atoms with Crippen LogP contribution in [-0.4, -0.2) is 38.6 Å². The van der Waals surface area contributed by atoms with Crippen molar-refractivity contribution >= 4 is 5.69 Å². The minimum absolute atomic E-state index is 0.709. The van der Waals surface area contributed by atoms with E-state index < -0.39 is 0 Å². The topological polar surface area (TPSA) is 6.48 Å². The molecule has 2 aliphatic rings. The van der Waals surface area contributed by atoms with Gasteiger partial charge in [-0.3, -0.25) is 0 Å². The molecule has 2 nitrogen and oxygen atoms in total. The van der Waals surface area contributed by atoms with Gasteiger partial charge in [0.25, 0.3) is 0 Å². The Morgan fingerprint density at radius 2 is 1.57 bits per heavy atom. The lowest BCUT2D eigenvalue weighted by Crippen LogP contribution is -2.41. The van der Waals surface area contributed by atoms with E-state index in [0.717, 1.165) is 0 Å². The van der Waals surface area contributed by atoms with Crippen LogP contribution >= 0.6 is 0 Å². The van der Waals surface area contributed by atoms with Gasteiger partial charge < -0.3 is 9.80 Å². The summed E-state index contributed by atoms with van der Waals surface area (Å²) in [4.78, 5) is 4.88. The lowest BCUT2D eigenvalue weighted by atomic mass is 9.68. The van der Waals surface area contributed by atoms with Crippen LogP contribution in [0.25, 0.3) is 0 Å². The average molecular weight is 315 g/mol. The lowest BCUT2D eigenvalue weighted by Gasteiger charge is -2.45. The van der Waals surface area contributed by atoms with Crippen LogP contribution in [-0.2, 0) is 6.42 Å². The summed E-state index contributed by atoms with van der Waals surface area (Å²) in [5.74, 6) is 0. The molecule has 2 heteroatoms. The highest BCUT2D eigenvalue weighted by molar-refractivity contribution is 5.48. The zero-order valence-electron chi connectivity index (χ0n) is 15.2. The van der Waals surface area contributed by atoms with Crippen molar-refractivity contribution in [2.24, 2.45) is 5.41 Å². The van der Waals surface area contributed by atoms with Crippen LogP contribution in [0.2, 0.25) is 0 Å². The van der Waals surface area contributed by atoms with E-state index in [1.54, 1.807) is 0 Å². The SMILES string of the molecule is CN(C)CCCc1ccc(N2CCC3(CCCCC3)CC2)cc1. The Morgan fingerprint density at radius 1 is 0.913 bits per heavy atom. The van der Waals surface area contributed by atoms with E-state index in [2.05, 4.69) is 48.2 Å². The molecule has 1 aliphatic heterocycles. The highest BCUT2D eigenvalue weighted by Crippen LogP contribution is 2.45. The maximum atomic E-state index is 2.61. The van der Waals surface area contributed by atoms with Gasteiger partial charge in [-0.25, -0.2) is 0 Å². The van der Waals surface area contributed by atoms with E-state index in [9.17, 15) is 0 Å². The van der Waals surface area contributed by atoms with Gasteiger partial charge in [-0.05, 0) is 82.3 Å². The summed E-state index contributed by atoms with van der Waals surface area (Å²) in [7, 11) is 4.30. The summed E-state index contributed by atoms with van der Waals surface area (Å²) in [6.45, 7) is 3.70. The molecule has 1 heterocycles. The Kier molecular flexibility index (Phi) is 5.63. The Balaban J connectivity index is 1.50. The van der Waals surface area contributed by atoms with Crippen LogP contribution in [0.1, 0.15) is 56.9 Å². The number of hydrogen-bond donors (Lipinski definition) is 0. The average Bonchev–Trinajstić information content (AvgIpc) is 2.57. The van der Waals surface area contributed by atoms with Gasteiger partial charge in [-0.15, -0.1) is 0 Å². The molecule has 0 atom stereocenters. The number of benzene rings is 1. The van der Waals surface area contributed by atoms with Gasteiger partial charge in [-0.1, -0.05) is 31.4 Å². The zero-order valence-corrected chi connectivity index (χ0v) is 15.2. The van der Waals surface area contributed by atoms with Gasteiger partial charge >= 0.3 is 0 Å². The summed E-state index contributed by atoms with van der Waals surface area (Å²) >= 11 is 0. The van der Waals surface area contributed by atoms with E-state index in [1.165, 1.54) is 88.7 Å². The second-order valence-corrected chi connectivity index (χ2v) is 8.12. The first-order valence-electron chi connectivity index (χ1n) is 9.66. The quantitative estimate of drug-likeness (QED) is 0.775. The molecule has 23 heavy (non-hydrogen) atoms. The molecule has 0 aromatic heterocycles. The minimum atomic E-state index is 0.709. The third kappa shape index (κ3) is 4.50. The van der Waals surface area contributed by atoms with E-state index in [0.29, 0.717) is 5.41 Å². The van der Waals surface area contributed by atoms with E-state index >= 15 is 0 Å². The fourth-order valence-corrected chi connectivity index (χ4v) is 4.51. The molecule has 1 spiro atoms. The van der Waals surface area contributed by atoms with Crippen molar-refractivity contribution in [2.75, 3.05) is 38.6 Å². The Hall–Kier alpha value is -1.02. The highest BCUT2D eigenvalue weighted by Gasteiger charge is 2.35. The van der Waals surface area contributed by atoms with Crippen molar-refractivity contribution in [1.82, 2.24) is 4.90 Å². The predicted molar refractivity (Wildman–Crippen MR) is 100 cm³/mol. The molecule has 1 aliphatic carbocycles. The first kappa shape index (κ1) is 16.8. The van der Waals surface area contributed by atoms with E-state index in [4.69, 9.17) is 0 Å². The zero-order chi connectivity index (χ0) is 16.1. The molecule has 0 radical (unpaired) electrons. The molecular formula is C21H34N2. The van der Waals surface area contributed by atoms with Crippen LogP contribution in [0.3, 0.4) is 0 Å². The van der Waals surface area contributed by atoms with Crippen molar-refractivity contribution < 1.29 is 0 Å². The Bertz CT molecular complexity index is 461. The second kappa shape index (κ2) is 7.70. The molecule has 1 aromatic carbocycles. The number of nitrogens with zero attached hydrogens (tertiary/aromatic N) is 2. The summed E-state index contributed by atoms with van der Waals surface area (Å²) in [5.41, 5.74) is 3.63. The molecule has 0 unspecified atom stereocenters. The van der Waals surface area contributed by atoms with Gasteiger partial charge in [0.15, 0.2) is 0 Å². The first-order chi connectivity index (χ1) is 11.2. The largest absolute Gasteiger partial charge is 0.371 e. The highest BCUT2D eigenvalue weighted by atomic mass is 15.1. The number of anilines is 1. The van der Waals surface area contributed by atoms with E-state index in [1.807, 2.05) is 0 Å². The third-order valence-electron chi connectivity index (χ3n) is 6.11. The molecule has 2 fully saturated rings. The molecule has 0 bridgehead atoms. The smallest absolute Gasteiger partial charge is 0.0366 e. The summed E-state index contributed by atoms with van der Waals surface area (Å²) in [5, 5.41) is 0. The van der Waals surface area contributed by atoms with Gasteiger partial charge in [0.05, 0.1) is 0 Å². The maximum absolute atomic E-state index is 2.61. The number of aryl methyl sites for hydroxylation is 1. The first-order valence-corrected chi connectivity index (χ1v) is 9.66. The molecule has 1 saturated carbocycles. The van der Waals surface area contributed by atoms with Crippen molar-refractivity contribution in [2.45, 2.75) is 57.8 Å². The molecule has 0 N–H and O–H groups in total. The van der Waals surface area contributed by atoms with Gasteiger partial charge in [-0.2, -0.15) is 0 Å². The summed E-state index contributed by atoms with van der Waals surface area (Å²) < 4.78 is 0. The number of hydrogen-bond acceptors (Lipinski definition) is 2. The van der Waals surface area contributed by atoms with Crippen LogP contribution < -0.4 is 4.90 Å². The van der Waals surface area contributed by atoms with Gasteiger partial charge in [0, 0.05) is 18.8 Å². The second-order valence-electron chi connectivity index (χ2n) is 8.12. The molecule has 1 aromatic rings. The minimum Gasteiger partial charge on any atom is -0.371 e. The number of piperidine rings is 1. The Morgan fingerprint density at radius 3 is 2.17 bits per heavy atom. The van der Waals surface area contributed by atoms with Crippen LogP contribution in [0, 0.1) is 5.41 Å². The van der Waals surface area contributed by atoms with Crippen LogP contribution in [0.4, 0.5) is 5.69 Å². The molecule has 3 rings (SSSR count). The lowest BCUT2D eigenvalue weighted by molar-refractivity contribution is 0.144. The molecular weight excluding hydrogens is 280 g/mol. The molecule has 0 amide bonds. The fourth-order valence-electron chi connectivity index (χ4n) is 4.51. The normalized spacial score (nSPS) is 21.1. The van der Waals surface area contributed by atoms with Crippen LogP contribution in [0.5, 0.6) is 0 Å². The fraction of sp³-hybridized carbons (Fsp3) is 0.714. The van der Waals surface area contributed by atoms with Crippen molar-refractivity contribution in [3.8, 4) is 0 Å². The predicted octanol–water partition coefficient (Wildman–Crippen LogP) is 4.73. The molecule has 1 saturated heterocycles. The summed E-state index contributed by atoms with van der Waals surface area (Å²) in [6, 6.07) is 9.39. The van der Waals surface area contributed by atoms with Crippen molar-refractivity contribution in [3.05, 3.63) is 29.8 Å². The maximum Gasteiger partial charge on any atom is 0.0366 e. The Labute approximate surface area is 142 Å². The van der Waals surface area contributed by atoms with Crippen molar-refractivity contribution in [1.29, 1.82) is 0 Å².